The Hall–Kier alpha value is -2.86. The fourth-order valence-corrected chi connectivity index (χ4v) is 1.79. The zero-order chi connectivity index (χ0) is 14.5. The molecule has 6 heteroatoms. The van der Waals surface area contributed by atoms with Crippen LogP contribution in [-0.4, -0.2) is 21.0 Å². The number of anilines is 1. The molecule has 0 fully saturated rings. The number of nitrogens with one attached hydrogen (secondary N) is 2. The summed E-state index contributed by atoms with van der Waals surface area (Å²) < 4.78 is 0. The molecule has 100 valence electrons. The van der Waals surface area contributed by atoms with Crippen LogP contribution in [0.3, 0.4) is 0 Å². The fourth-order valence-electron chi connectivity index (χ4n) is 1.79. The first-order chi connectivity index (χ1) is 9.63. The number of nitrogens with zero attached hydrogens (tertiary/aromatic N) is 4. The van der Waals surface area contributed by atoms with Crippen LogP contribution >= 0.6 is 0 Å². The van der Waals surface area contributed by atoms with Crippen LogP contribution in [0.5, 0.6) is 0 Å². The number of H-pyrrole nitrogens is 1. The van der Waals surface area contributed by atoms with E-state index in [-0.39, 0.29) is 11.6 Å². The first-order valence-electron chi connectivity index (χ1n) is 6.24. The highest BCUT2D eigenvalue weighted by Crippen LogP contribution is 2.17. The smallest absolute Gasteiger partial charge is 0.156 e. The van der Waals surface area contributed by atoms with Crippen LogP contribution in [0.4, 0.5) is 5.82 Å². The lowest BCUT2D eigenvalue weighted by Gasteiger charge is -2.08. The van der Waals surface area contributed by atoms with E-state index in [1.165, 1.54) is 0 Å². The molecule has 0 aliphatic rings. The number of hydrogen-bond acceptors (Lipinski definition) is 5. The summed E-state index contributed by atoms with van der Waals surface area (Å²) in [5.41, 5.74) is 2.45. The minimum absolute atomic E-state index is 0.101. The van der Waals surface area contributed by atoms with Crippen molar-refractivity contribution in [1.29, 1.82) is 10.5 Å². The molecule has 0 atom stereocenters. The van der Waals surface area contributed by atoms with Gasteiger partial charge in [0.2, 0.25) is 0 Å². The van der Waals surface area contributed by atoms with Crippen molar-refractivity contribution >= 4 is 17.0 Å². The van der Waals surface area contributed by atoms with Crippen molar-refractivity contribution in [1.82, 2.24) is 15.0 Å². The standard InChI is InChI=1S/C14H14N6/c1-9(2)19-12-8-18-14-13(20-12)11(7-17-14)4-3-10(5-15)6-16/h3,7-9H,4H2,1-2H3,(H,17,18)(H,19,20). The van der Waals surface area contributed by atoms with Crippen molar-refractivity contribution < 1.29 is 0 Å². The van der Waals surface area contributed by atoms with Crippen LogP contribution in [0.15, 0.2) is 24.0 Å². The summed E-state index contributed by atoms with van der Waals surface area (Å²) in [6.45, 7) is 4.05. The van der Waals surface area contributed by atoms with E-state index in [0.29, 0.717) is 17.9 Å². The zero-order valence-corrected chi connectivity index (χ0v) is 11.3. The number of aromatic amines is 1. The summed E-state index contributed by atoms with van der Waals surface area (Å²) in [6.07, 6.45) is 5.53. The summed E-state index contributed by atoms with van der Waals surface area (Å²) in [5, 5.41) is 20.6. The second-order valence-electron chi connectivity index (χ2n) is 4.61. The van der Waals surface area contributed by atoms with Gasteiger partial charge in [-0.3, -0.25) is 0 Å². The molecule has 6 nitrogen and oxygen atoms in total. The highest BCUT2D eigenvalue weighted by molar-refractivity contribution is 5.76. The fraction of sp³-hybridized carbons (Fsp3) is 0.286. The Labute approximate surface area is 116 Å². The van der Waals surface area contributed by atoms with E-state index >= 15 is 0 Å². The molecule has 2 heterocycles. The molecule has 0 spiro atoms. The lowest BCUT2D eigenvalue weighted by Crippen LogP contribution is -2.11. The summed E-state index contributed by atoms with van der Waals surface area (Å²) >= 11 is 0. The number of allylic oxidation sites excluding steroid dienone is 2. The van der Waals surface area contributed by atoms with E-state index in [2.05, 4.69) is 20.3 Å². The van der Waals surface area contributed by atoms with Crippen LogP contribution in [0.25, 0.3) is 11.2 Å². The Morgan fingerprint density at radius 2 is 2.20 bits per heavy atom. The molecule has 2 aromatic rings. The van der Waals surface area contributed by atoms with Crippen LogP contribution in [0, 0.1) is 22.7 Å². The third kappa shape index (κ3) is 2.93. The quantitative estimate of drug-likeness (QED) is 0.827. The van der Waals surface area contributed by atoms with Crippen LogP contribution in [0.1, 0.15) is 19.4 Å². The molecule has 2 N–H and O–H groups in total. The van der Waals surface area contributed by atoms with Crippen molar-refractivity contribution in [2.24, 2.45) is 0 Å². The van der Waals surface area contributed by atoms with Gasteiger partial charge < -0.3 is 10.3 Å². The van der Waals surface area contributed by atoms with Gasteiger partial charge in [0.1, 0.15) is 29.0 Å². The van der Waals surface area contributed by atoms with E-state index in [1.54, 1.807) is 18.5 Å². The average Bonchev–Trinajstić information content (AvgIpc) is 2.82. The van der Waals surface area contributed by atoms with Gasteiger partial charge in [-0.15, -0.1) is 0 Å². The number of aromatic nitrogens is 3. The summed E-state index contributed by atoms with van der Waals surface area (Å²) in [4.78, 5) is 11.8. The third-order valence-electron chi connectivity index (χ3n) is 2.66. The zero-order valence-electron chi connectivity index (χ0n) is 11.3. The molecule has 0 aliphatic carbocycles. The van der Waals surface area contributed by atoms with E-state index in [0.717, 1.165) is 11.1 Å². The minimum Gasteiger partial charge on any atom is -0.367 e. The van der Waals surface area contributed by atoms with Crippen molar-refractivity contribution in [3.05, 3.63) is 29.6 Å². The topological polar surface area (TPSA) is 101 Å². The van der Waals surface area contributed by atoms with E-state index in [1.807, 2.05) is 26.0 Å². The van der Waals surface area contributed by atoms with Crippen LogP contribution in [-0.2, 0) is 6.42 Å². The van der Waals surface area contributed by atoms with E-state index < -0.39 is 0 Å². The Morgan fingerprint density at radius 3 is 2.85 bits per heavy atom. The molecule has 0 amide bonds. The van der Waals surface area contributed by atoms with E-state index in [9.17, 15) is 0 Å². The number of fused-ring (bicyclic) bond motifs is 1. The van der Waals surface area contributed by atoms with Crippen molar-refractivity contribution in [3.8, 4) is 12.1 Å². The van der Waals surface area contributed by atoms with Gasteiger partial charge in [-0.25, -0.2) is 9.97 Å². The number of hydrogen-bond donors (Lipinski definition) is 2. The predicted octanol–water partition coefficient (Wildman–Crippen LogP) is 2.29. The Kier molecular flexibility index (Phi) is 3.97. The molecule has 0 unspecified atom stereocenters. The first-order valence-corrected chi connectivity index (χ1v) is 6.24. The summed E-state index contributed by atoms with van der Waals surface area (Å²) in [5.74, 6) is 0.707. The van der Waals surface area contributed by atoms with Gasteiger partial charge in [-0.05, 0) is 20.3 Å². The lowest BCUT2D eigenvalue weighted by molar-refractivity contribution is 0.888. The van der Waals surface area contributed by atoms with Gasteiger partial charge in [0.05, 0.1) is 6.20 Å². The van der Waals surface area contributed by atoms with Gasteiger partial charge in [-0.2, -0.15) is 10.5 Å². The first kappa shape index (κ1) is 13.6. The lowest BCUT2D eigenvalue weighted by atomic mass is 10.1. The molecule has 20 heavy (non-hydrogen) atoms. The van der Waals surface area contributed by atoms with E-state index in [4.69, 9.17) is 10.5 Å². The molecule has 2 rings (SSSR count). The number of nitriles is 2. The van der Waals surface area contributed by atoms with Crippen LogP contribution in [0.2, 0.25) is 0 Å². The maximum atomic E-state index is 8.72. The highest BCUT2D eigenvalue weighted by Gasteiger charge is 2.07. The Morgan fingerprint density at radius 1 is 1.45 bits per heavy atom. The maximum Gasteiger partial charge on any atom is 0.156 e. The molecule has 0 saturated carbocycles. The molecule has 0 saturated heterocycles. The number of rotatable bonds is 4. The maximum absolute atomic E-state index is 8.72. The predicted molar refractivity (Wildman–Crippen MR) is 75.7 cm³/mol. The third-order valence-corrected chi connectivity index (χ3v) is 2.66. The van der Waals surface area contributed by atoms with Gasteiger partial charge in [0.25, 0.3) is 0 Å². The molecular weight excluding hydrogens is 252 g/mol. The monoisotopic (exact) mass is 266 g/mol. The van der Waals surface area contributed by atoms with Gasteiger partial charge in [0, 0.05) is 17.8 Å². The Balaban J connectivity index is 2.33. The molecule has 0 radical (unpaired) electrons. The van der Waals surface area contributed by atoms with Gasteiger partial charge in [-0.1, -0.05) is 6.08 Å². The van der Waals surface area contributed by atoms with Crippen molar-refractivity contribution in [2.75, 3.05) is 5.32 Å². The molecule has 0 aliphatic heterocycles. The highest BCUT2D eigenvalue weighted by atomic mass is 15.0. The Bertz CT molecular complexity index is 710. The van der Waals surface area contributed by atoms with Crippen molar-refractivity contribution in [3.63, 3.8) is 0 Å². The normalized spacial score (nSPS) is 10.1. The average molecular weight is 266 g/mol. The van der Waals surface area contributed by atoms with Gasteiger partial charge in [0.15, 0.2) is 5.65 Å². The van der Waals surface area contributed by atoms with Gasteiger partial charge >= 0.3 is 0 Å². The largest absolute Gasteiger partial charge is 0.367 e. The molecule has 0 bridgehead atoms. The van der Waals surface area contributed by atoms with Crippen molar-refractivity contribution in [2.45, 2.75) is 26.3 Å². The summed E-state index contributed by atoms with van der Waals surface area (Å²) in [6, 6.07) is 3.95. The van der Waals surface area contributed by atoms with Crippen LogP contribution < -0.4 is 5.32 Å². The minimum atomic E-state index is 0.101. The summed E-state index contributed by atoms with van der Waals surface area (Å²) in [7, 11) is 0. The molecule has 0 aromatic carbocycles. The second kappa shape index (κ2) is 5.85. The SMILES string of the molecule is CC(C)Nc1cnc2[nH]cc(CC=C(C#N)C#N)c2n1. The molecular formula is C14H14N6. The second-order valence-corrected chi connectivity index (χ2v) is 4.61. The molecule has 2 aromatic heterocycles.